The Bertz CT molecular complexity index is 1440. The maximum atomic E-state index is 15.0. The van der Waals surface area contributed by atoms with E-state index in [1.165, 1.54) is 31.2 Å². The fourth-order valence-corrected chi connectivity index (χ4v) is 7.35. The van der Waals surface area contributed by atoms with Crippen molar-refractivity contribution in [1.29, 1.82) is 0 Å². The number of unbranched alkanes of at least 4 members (excludes halogenated alkanes) is 1. The zero-order valence-electron chi connectivity index (χ0n) is 25.6. The summed E-state index contributed by atoms with van der Waals surface area (Å²) >= 11 is 0. The molecule has 2 fully saturated rings. The van der Waals surface area contributed by atoms with E-state index in [9.17, 15) is 26.3 Å². The van der Waals surface area contributed by atoms with Gasteiger partial charge >= 0.3 is 0 Å². The number of hydrogen-bond donors (Lipinski definition) is 0. The van der Waals surface area contributed by atoms with Gasteiger partial charge in [-0.05, 0) is 111 Å². The zero-order valence-corrected chi connectivity index (χ0v) is 25.6. The second-order valence-corrected chi connectivity index (χ2v) is 12.9. The lowest BCUT2D eigenvalue weighted by atomic mass is 9.68. The lowest BCUT2D eigenvalue weighted by Gasteiger charge is -2.38. The highest BCUT2D eigenvalue weighted by Gasteiger charge is 2.33. The van der Waals surface area contributed by atoms with E-state index in [0.717, 1.165) is 70.6 Å². The molecule has 0 atom stereocenters. The first-order chi connectivity index (χ1) is 21.2. The highest BCUT2D eigenvalue weighted by molar-refractivity contribution is 5.66. The first kappa shape index (κ1) is 32.4. The molecule has 0 heterocycles. The highest BCUT2D eigenvalue weighted by atomic mass is 19.2. The van der Waals surface area contributed by atoms with E-state index < -0.39 is 34.9 Å². The molecule has 0 amide bonds. The minimum atomic E-state index is -1.18. The molecule has 44 heavy (non-hydrogen) atoms. The average molecular weight is 617 g/mol. The Hall–Kier alpha value is -2.96. The van der Waals surface area contributed by atoms with E-state index in [1.54, 1.807) is 12.1 Å². The molecule has 0 spiro atoms. The van der Waals surface area contributed by atoms with Crippen molar-refractivity contribution in [2.75, 3.05) is 6.61 Å². The Kier molecular flexibility index (Phi) is 10.6. The predicted octanol–water partition coefficient (Wildman–Crippen LogP) is 11.4. The summed E-state index contributed by atoms with van der Waals surface area (Å²) in [6, 6.07) is 8.71. The molecule has 3 aromatic carbocycles. The van der Waals surface area contributed by atoms with Crippen LogP contribution in [-0.2, 0) is 6.42 Å². The summed E-state index contributed by atoms with van der Waals surface area (Å²) in [7, 11) is 0. The fraction of sp³-hybridized carbons (Fsp3) is 0.514. The summed E-state index contributed by atoms with van der Waals surface area (Å²) < 4.78 is 93.2. The molecule has 0 aromatic heterocycles. The Morgan fingerprint density at radius 1 is 0.636 bits per heavy atom. The van der Waals surface area contributed by atoms with Crippen molar-refractivity contribution in [2.24, 2.45) is 17.8 Å². The van der Waals surface area contributed by atoms with Crippen LogP contribution in [0.25, 0.3) is 11.1 Å². The molecule has 5 rings (SSSR count). The molecule has 0 unspecified atom stereocenters. The first-order valence-electron chi connectivity index (χ1n) is 16.2. The van der Waals surface area contributed by atoms with Crippen molar-refractivity contribution >= 4 is 0 Å². The molecule has 0 bridgehead atoms. The Morgan fingerprint density at radius 3 is 1.91 bits per heavy atom. The fourth-order valence-electron chi connectivity index (χ4n) is 7.35. The summed E-state index contributed by atoms with van der Waals surface area (Å²) in [6.07, 6.45) is 10.8. The largest absolute Gasteiger partial charge is 0.490 e. The standard InChI is InChI=1S/C37H42F6O/c1-3-4-21-44-31-20-19-28(34(40)37(31)43)26-14-12-25(13-15-26)24-9-6-23(7-10-24)8-11-27-16-18-30(36(42)33(27)39)29-17-5-22(2)32(38)35(29)41/h5,16-20,23-26H,3-4,6-15,21H2,1-2H3. The van der Waals surface area contributed by atoms with Crippen LogP contribution in [-0.4, -0.2) is 6.61 Å². The van der Waals surface area contributed by atoms with Crippen LogP contribution in [0, 0.1) is 59.6 Å². The second kappa shape index (κ2) is 14.4. The van der Waals surface area contributed by atoms with Gasteiger partial charge in [0.15, 0.2) is 34.8 Å². The van der Waals surface area contributed by atoms with Crippen molar-refractivity contribution in [3.8, 4) is 16.9 Å². The highest BCUT2D eigenvalue weighted by Crippen LogP contribution is 2.45. The van der Waals surface area contributed by atoms with Crippen LogP contribution in [0.4, 0.5) is 26.3 Å². The third-order valence-corrected chi connectivity index (χ3v) is 10.2. The van der Waals surface area contributed by atoms with Crippen LogP contribution in [0.2, 0.25) is 0 Å². The third-order valence-electron chi connectivity index (χ3n) is 10.2. The monoisotopic (exact) mass is 616 g/mol. The van der Waals surface area contributed by atoms with Gasteiger partial charge in [0.1, 0.15) is 0 Å². The van der Waals surface area contributed by atoms with Gasteiger partial charge in [-0.3, -0.25) is 0 Å². The topological polar surface area (TPSA) is 9.23 Å². The molecular formula is C37H42F6O. The molecule has 238 valence electrons. The molecule has 0 saturated heterocycles. The Balaban J connectivity index is 1.10. The zero-order chi connectivity index (χ0) is 31.4. The number of hydrogen-bond acceptors (Lipinski definition) is 1. The van der Waals surface area contributed by atoms with E-state index >= 15 is 0 Å². The summed E-state index contributed by atoms with van der Waals surface area (Å²) in [6.45, 7) is 3.81. The Morgan fingerprint density at radius 2 is 1.25 bits per heavy atom. The molecular weight excluding hydrogens is 574 g/mol. The van der Waals surface area contributed by atoms with Gasteiger partial charge in [0.2, 0.25) is 5.82 Å². The quantitative estimate of drug-likeness (QED) is 0.163. The van der Waals surface area contributed by atoms with Crippen LogP contribution in [0.3, 0.4) is 0 Å². The molecule has 2 aliphatic carbocycles. The van der Waals surface area contributed by atoms with Crippen LogP contribution in [0.5, 0.6) is 5.75 Å². The first-order valence-corrected chi connectivity index (χ1v) is 16.2. The van der Waals surface area contributed by atoms with E-state index in [2.05, 4.69) is 0 Å². The molecule has 0 aliphatic heterocycles. The van der Waals surface area contributed by atoms with E-state index in [4.69, 9.17) is 4.74 Å². The van der Waals surface area contributed by atoms with Gasteiger partial charge in [-0.25, -0.2) is 22.0 Å². The number of halogens is 6. The van der Waals surface area contributed by atoms with Gasteiger partial charge in [0.05, 0.1) is 6.61 Å². The van der Waals surface area contributed by atoms with Gasteiger partial charge in [-0.1, -0.05) is 56.5 Å². The van der Waals surface area contributed by atoms with Gasteiger partial charge in [-0.2, -0.15) is 4.39 Å². The van der Waals surface area contributed by atoms with Crippen molar-refractivity contribution in [2.45, 2.75) is 96.8 Å². The van der Waals surface area contributed by atoms with E-state index in [1.807, 2.05) is 6.92 Å². The summed E-state index contributed by atoms with van der Waals surface area (Å²) in [5.41, 5.74) is 0.252. The van der Waals surface area contributed by atoms with Crippen molar-refractivity contribution in [1.82, 2.24) is 0 Å². The number of benzene rings is 3. The van der Waals surface area contributed by atoms with Gasteiger partial charge in [0.25, 0.3) is 0 Å². The lowest BCUT2D eigenvalue weighted by molar-refractivity contribution is 0.156. The SMILES string of the molecule is CCCCOc1ccc(C2CCC(C3CCC(CCc4ccc(-c5ccc(C)c(F)c5F)c(F)c4F)CC3)CC2)c(F)c1F. The van der Waals surface area contributed by atoms with Gasteiger partial charge in [0, 0.05) is 11.1 Å². The molecule has 1 nitrogen and oxygen atoms in total. The smallest absolute Gasteiger partial charge is 0.200 e. The maximum absolute atomic E-state index is 15.0. The molecule has 3 aromatic rings. The average Bonchev–Trinajstić information content (AvgIpc) is 3.04. The molecule has 7 heteroatoms. The number of ether oxygens (including phenoxy) is 1. The minimum absolute atomic E-state index is 0.00986. The molecule has 0 radical (unpaired) electrons. The third kappa shape index (κ3) is 6.97. The van der Waals surface area contributed by atoms with E-state index in [0.29, 0.717) is 36.3 Å². The van der Waals surface area contributed by atoms with Crippen molar-refractivity contribution in [3.63, 3.8) is 0 Å². The summed E-state index contributed by atoms with van der Waals surface area (Å²) in [4.78, 5) is 0. The van der Waals surface area contributed by atoms with Crippen LogP contribution >= 0.6 is 0 Å². The van der Waals surface area contributed by atoms with Crippen molar-refractivity contribution in [3.05, 3.63) is 88.0 Å². The van der Waals surface area contributed by atoms with Crippen LogP contribution in [0.15, 0.2) is 36.4 Å². The molecule has 0 N–H and O–H groups in total. The maximum Gasteiger partial charge on any atom is 0.200 e. The molecule has 2 saturated carbocycles. The van der Waals surface area contributed by atoms with Crippen molar-refractivity contribution < 1.29 is 31.1 Å². The van der Waals surface area contributed by atoms with Gasteiger partial charge in [-0.15, -0.1) is 0 Å². The predicted molar refractivity (Wildman–Crippen MR) is 162 cm³/mol. The van der Waals surface area contributed by atoms with Crippen LogP contribution < -0.4 is 4.74 Å². The Labute approximate surface area is 257 Å². The number of aryl methyl sites for hydroxylation is 2. The normalized spacial score (nSPS) is 22.3. The summed E-state index contributed by atoms with van der Waals surface area (Å²) in [5, 5.41) is 0. The number of rotatable bonds is 10. The minimum Gasteiger partial charge on any atom is -0.490 e. The molecule has 2 aliphatic rings. The van der Waals surface area contributed by atoms with E-state index in [-0.39, 0.29) is 33.9 Å². The second-order valence-electron chi connectivity index (χ2n) is 12.9. The lowest BCUT2D eigenvalue weighted by Crippen LogP contribution is -2.26. The summed E-state index contributed by atoms with van der Waals surface area (Å²) in [5.74, 6) is -4.44. The van der Waals surface area contributed by atoms with Crippen LogP contribution in [0.1, 0.15) is 100 Å². The van der Waals surface area contributed by atoms with Gasteiger partial charge < -0.3 is 4.74 Å².